The molecular formula is C21H16S. The van der Waals surface area contributed by atoms with Crippen molar-refractivity contribution in [3.63, 3.8) is 0 Å². The number of fused-ring (bicyclic) bond motifs is 7. The topological polar surface area (TPSA) is 0 Å². The van der Waals surface area contributed by atoms with Crippen molar-refractivity contribution >= 4 is 11.8 Å². The normalized spacial score (nSPS) is 24.6. The van der Waals surface area contributed by atoms with Crippen molar-refractivity contribution in [2.75, 3.05) is 0 Å². The Hall–Kier alpha value is -1.99. The zero-order valence-electron chi connectivity index (χ0n) is 12.2. The van der Waals surface area contributed by atoms with Gasteiger partial charge in [0, 0.05) is 5.25 Å². The second kappa shape index (κ2) is 4.50. The molecule has 0 aliphatic carbocycles. The molecule has 22 heavy (non-hydrogen) atoms. The maximum Gasteiger partial charge on any atom is 0.0918 e. The monoisotopic (exact) mass is 300 g/mol. The van der Waals surface area contributed by atoms with Crippen LogP contribution in [0.3, 0.4) is 0 Å². The van der Waals surface area contributed by atoms with Gasteiger partial charge in [0.1, 0.15) is 0 Å². The zero-order chi connectivity index (χ0) is 14.6. The van der Waals surface area contributed by atoms with E-state index in [4.69, 9.17) is 0 Å². The second-order valence-corrected chi connectivity index (χ2v) is 7.52. The third-order valence-corrected chi connectivity index (χ3v) is 6.72. The quantitative estimate of drug-likeness (QED) is 0.586. The Morgan fingerprint density at radius 1 is 0.727 bits per heavy atom. The maximum absolute atomic E-state index is 2.33. The lowest BCUT2D eigenvalue weighted by Crippen LogP contribution is -2.26. The van der Waals surface area contributed by atoms with Gasteiger partial charge in [-0.1, -0.05) is 78.9 Å². The first-order valence-corrected chi connectivity index (χ1v) is 8.69. The molecule has 1 heteroatoms. The average Bonchev–Trinajstić information content (AvgIpc) is 2.87. The van der Waals surface area contributed by atoms with E-state index < -0.39 is 0 Å². The van der Waals surface area contributed by atoms with Gasteiger partial charge in [-0.2, -0.15) is 0 Å². The predicted molar refractivity (Wildman–Crippen MR) is 93.2 cm³/mol. The fraction of sp³-hybridized carbons (Fsp3) is 0.143. The van der Waals surface area contributed by atoms with Gasteiger partial charge in [-0.15, -0.1) is 11.8 Å². The Morgan fingerprint density at radius 2 is 1.41 bits per heavy atom. The van der Waals surface area contributed by atoms with Gasteiger partial charge in [-0.05, 0) is 34.2 Å². The fourth-order valence-corrected chi connectivity index (χ4v) is 6.03. The summed E-state index contributed by atoms with van der Waals surface area (Å²) in [6, 6.07) is 29.0. The summed E-state index contributed by atoms with van der Waals surface area (Å²) in [6.45, 7) is 0. The van der Waals surface area contributed by atoms with E-state index in [0.29, 0.717) is 5.25 Å². The minimum atomic E-state index is -0.0304. The summed E-state index contributed by atoms with van der Waals surface area (Å²) < 4.78 is -0.0304. The first kappa shape index (κ1) is 12.5. The van der Waals surface area contributed by atoms with Crippen LogP contribution in [0.15, 0.2) is 78.9 Å². The van der Waals surface area contributed by atoms with Gasteiger partial charge < -0.3 is 0 Å². The van der Waals surface area contributed by atoms with E-state index in [1.807, 2.05) is 0 Å². The van der Waals surface area contributed by atoms with Crippen LogP contribution in [0.25, 0.3) is 0 Å². The minimum Gasteiger partial charge on any atom is -0.132 e. The van der Waals surface area contributed by atoms with Crippen molar-refractivity contribution in [3.8, 4) is 0 Å². The molecule has 0 saturated carbocycles. The van der Waals surface area contributed by atoms with Gasteiger partial charge in [0.15, 0.2) is 0 Å². The predicted octanol–water partition coefficient (Wildman–Crippen LogP) is 5.32. The molecule has 0 saturated heterocycles. The van der Waals surface area contributed by atoms with Crippen LogP contribution in [-0.4, -0.2) is 0 Å². The zero-order valence-corrected chi connectivity index (χ0v) is 13.0. The molecular weight excluding hydrogens is 284 g/mol. The largest absolute Gasteiger partial charge is 0.132 e. The first-order chi connectivity index (χ1) is 10.9. The molecule has 0 N–H and O–H groups in total. The van der Waals surface area contributed by atoms with Gasteiger partial charge in [-0.3, -0.25) is 0 Å². The van der Waals surface area contributed by atoms with Crippen molar-refractivity contribution in [1.82, 2.24) is 0 Å². The summed E-state index contributed by atoms with van der Waals surface area (Å²) in [5.74, 6) is 0. The number of hydrogen-bond acceptors (Lipinski definition) is 1. The Balaban J connectivity index is 1.90. The van der Waals surface area contributed by atoms with E-state index in [9.17, 15) is 0 Å². The Kier molecular flexibility index (Phi) is 2.57. The molecule has 3 aromatic carbocycles. The fourth-order valence-electron chi connectivity index (χ4n) is 4.09. The molecule has 2 atom stereocenters. The molecule has 0 radical (unpaired) electrons. The van der Waals surface area contributed by atoms with Crippen LogP contribution in [0.5, 0.6) is 0 Å². The third kappa shape index (κ3) is 1.50. The van der Waals surface area contributed by atoms with Crippen molar-refractivity contribution in [3.05, 3.63) is 107 Å². The van der Waals surface area contributed by atoms with E-state index in [1.165, 1.54) is 27.8 Å². The highest BCUT2D eigenvalue weighted by molar-refractivity contribution is 8.01. The number of benzene rings is 3. The summed E-state index contributed by atoms with van der Waals surface area (Å²) in [4.78, 5) is 0. The van der Waals surface area contributed by atoms with Gasteiger partial charge in [0.25, 0.3) is 0 Å². The van der Waals surface area contributed by atoms with Gasteiger partial charge >= 0.3 is 0 Å². The third-order valence-electron chi connectivity index (χ3n) is 4.99. The first-order valence-electron chi connectivity index (χ1n) is 7.81. The standard InChI is InChI=1S/C21H16S/c1-2-9-16(10-3-1)21-18-12-6-4-8-15(18)14-20(22-21)17-11-5-7-13-19(17)21/h1-13,20H,14H2/t20-,21+/m1/s1. The molecule has 2 bridgehead atoms. The number of thioether (sulfide) groups is 1. The number of hydrogen-bond donors (Lipinski definition) is 0. The lowest BCUT2D eigenvalue weighted by Gasteiger charge is -2.36. The molecule has 0 amide bonds. The van der Waals surface area contributed by atoms with Gasteiger partial charge in [0.2, 0.25) is 0 Å². The van der Waals surface area contributed by atoms with E-state index in [-0.39, 0.29) is 4.75 Å². The summed E-state index contributed by atoms with van der Waals surface area (Å²) in [5, 5.41) is 0.575. The lowest BCUT2D eigenvalue weighted by molar-refractivity contribution is 0.860. The Bertz CT molecular complexity index is 840. The highest BCUT2D eigenvalue weighted by Gasteiger charge is 2.50. The average molecular weight is 300 g/mol. The highest BCUT2D eigenvalue weighted by atomic mass is 32.2. The summed E-state index contributed by atoms with van der Waals surface area (Å²) >= 11 is 2.12. The van der Waals surface area contributed by atoms with Crippen LogP contribution in [0.4, 0.5) is 0 Å². The molecule has 0 nitrogen and oxygen atoms in total. The van der Waals surface area contributed by atoms with Gasteiger partial charge in [-0.25, -0.2) is 0 Å². The Morgan fingerprint density at radius 3 is 2.27 bits per heavy atom. The van der Waals surface area contributed by atoms with Crippen molar-refractivity contribution in [1.29, 1.82) is 0 Å². The van der Waals surface area contributed by atoms with Crippen LogP contribution >= 0.6 is 11.8 Å². The van der Waals surface area contributed by atoms with Crippen LogP contribution in [0.2, 0.25) is 0 Å². The molecule has 2 heterocycles. The molecule has 0 spiro atoms. The van der Waals surface area contributed by atoms with E-state index in [0.717, 1.165) is 6.42 Å². The lowest BCUT2D eigenvalue weighted by atomic mass is 9.82. The van der Waals surface area contributed by atoms with Crippen LogP contribution in [0.1, 0.15) is 33.1 Å². The van der Waals surface area contributed by atoms with Gasteiger partial charge in [0.05, 0.1) is 4.75 Å². The maximum atomic E-state index is 2.33. The molecule has 0 unspecified atom stereocenters. The van der Waals surface area contributed by atoms with E-state index in [1.54, 1.807) is 0 Å². The molecule has 0 fully saturated rings. The molecule has 3 aromatic rings. The second-order valence-electron chi connectivity index (χ2n) is 6.10. The Labute approximate surface area is 135 Å². The van der Waals surface area contributed by atoms with Crippen molar-refractivity contribution < 1.29 is 0 Å². The molecule has 5 rings (SSSR count). The van der Waals surface area contributed by atoms with Crippen molar-refractivity contribution in [2.45, 2.75) is 16.4 Å². The van der Waals surface area contributed by atoms with Crippen LogP contribution in [-0.2, 0) is 11.2 Å². The van der Waals surface area contributed by atoms with E-state index in [2.05, 4.69) is 90.6 Å². The molecule has 2 aliphatic heterocycles. The SMILES string of the molecule is c1ccc([C@]23S[C@H](Cc4ccccc42)c2ccccc23)cc1. The molecule has 0 aromatic heterocycles. The highest BCUT2D eigenvalue weighted by Crippen LogP contribution is 2.65. The van der Waals surface area contributed by atoms with Crippen LogP contribution in [0, 0.1) is 0 Å². The number of rotatable bonds is 1. The van der Waals surface area contributed by atoms with Crippen molar-refractivity contribution in [2.24, 2.45) is 0 Å². The smallest absolute Gasteiger partial charge is 0.0918 e. The molecule has 106 valence electrons. The molecule has 2 aliphatic rings. The van der Waals surface area contributed by atoms with Crippen LogP contribution < -0.4 is 0 Å². The summed E-state index contributed by atoms with van der Waals surface area (Å²) in [7, 11) is 0. The minimum absolute atomic E-state index is 0.0304. The van der Waals surface area contributed by atoms with E-state index >= 15 is 0 Å². The summed E-state index contributed by atoms with van der Waals surface area (Å²) in [6.07, 6.45) is 1.15. The summed E-state index contributed by atoms with van der Waals surface area (Å²) in [5.41, 5.74) is 7.40.